The summed E-state index contributed by atoms with van der Waals surface area (Å²) in [6.45, 7) is 2.26. The molecule has 0 atom stereocenters. The lowest BCUT2D eigenvalue weighted by Crippen LogP contribution is -2.19. The van der Waals surface area contributed by atoms with Crippen LogP contribution in [0.2, 0.25) is 0 Å². The number of ether oxygens (including phenoxy) is 1. The quantitative estimate of drug-likeness (QED) is 0.501. The van der Waals surface area contributed by atoms with Crippen LogP contribution in [0.1, 0.15) is 50.2 Å². The molecule has 4 heteroatoms. The van der Waals surface area contributed by atoms with Crippen molar-refractivity contribution in [2.24, 2.45) is 11.8 Å². The van der Waals surface area contributed by atoms with E-state index in [-0.39, 0.29) is 16.9 Å². The smallest absolute Gasteiger partial charge is 0.201 e. The van der Waals surface area contributed by atoms with Gasteiger partial charge < -0.3 is 4.74 Å². The molecule has 1 nitrogen and oxygen atoms in total. The molecule has 29 heavy (non-hydrogen) atoms. The van der Waals surface area contributed by atoms with E-state index in [1.165, 1.54) is 63.0 Å². The number of fused-ring (bicyclic) bond motifs is 1. The minimum Gasteiger partial charge on any atom is -0.494 e. The predicted molar refractivity (Wildman–Crippen MR) is 110 cm³/mol. The van der Waals surface area contributed by atoms with E-state index in [1.807, 2.05) is 0 Å². The third-order valence-corrected chi connectivity index (χ3v) is 6.77. The summed E-state index contributed by atoms with van der Waals surface area (Å²) in [6.07, 6.45) is 9.99. The summed E-state index contributed by atoms with van der Waals surface area (Å²) in [4.78, 5) is 0. The van der Waals surface area contributed by atoms with Gasteiger partial charge in [-0.25, -0.2) is 8.78 Å². The fourth-order valence-corrected chi connectivity index (χ4v) is 4.90. The molecule has 0 unspecified atom stereocenters. The molecule has 1 fully saturated rings. The normalized spacial score (nSPS) is 21.5. The van der Waals surface area contributed by atoms with Crippen LogP contribution in [0.3, 0.4) is 0 Å². The first-order valence-corrected chi connectivity index (χ1v) is 10.5. The van der Waals surface area contributed by atoms with Crippen LogP contribution in [0.4, 0.5) is 13.2 Å². The zero-order chi connectivity index (χ0) is 20.5. The van der Waals surface area contributed by atoms with Crippen molar-refractivity contribution >= 4 is 0 Å². The van der Waals surface area contributed by atoms with Gasteiger partial charge in [-0.3, -0.25) is 0 Å². The van der Waals surface area contributed by atoms with Crippen molar-refractivity contribution in [1.29, 1.82) is 0 Å². The van der Waals surface area contributed by atoms with Crippen molar-refractivity contribution in [3.8, 4) is 16.9 Å². The molecule has 2 aromatic rings. The van der Waals surface area contributed by atoms with Crippen LogP contribution < -0.4 is 4.74 Å². The average Bonchev–Trinajstić information content (AvgIpc) is 2.75. The van der Waals surface area contributed by atoms with Gasteiger partial charge in [-0.2, -0.15) is 4.39 Å². The van der Waals surface area contributed by atoms with Crippen LogP contribution >= 0.6 is 0 Å². The molecule has 154 valence electrons. The zero-order valence-corrected chi connectivity index (χ0v) is 17.0. The second-order valence-electron chi connectivity index (χ2n) is 8.33. The summed E-state index contributed by atoms with van der Waals surface area (Å²) < 4.78 is 48.3. The van der Waals surface area contributed by atoms with Gasteiger partial charge in [0.15, 0.2) is 11.6 Å². The summed E-state index contributed by atoms with van der Waals surface area (Å²) in [7, 11) is 1.27. The number of rotatable bonds is 4. The Bertz CT molecular complexity index is 940. The Morgan fingerprint density at radius 3 is 2.38 bits per heavy atom. The molecule has 0 saturated heterocycles. The molecule has 0 amide bonds. The molecule has 0 radical (unpaired) electrons. The van der Waals surface area contributed by atoms with Gasteiger partial charge in [-0.05, 0) is 85.8 Å². The molecular weight excluding hydrogens is 373 g/mol. The Morgan fingerprint density at radius 1 is 0.931 bits per heavy atom. The lowest BCUT2D eigenvalue weighted by atomic mass is 9.74. The van der Waals surface area contributed by atoms with Gasteiger partial charge >= 0.3 is 0 Å². The van der Waals surface area contributed by atoms with Crippen LogP contribution in [-0.2, 0) is 12.8 Å². The fourth-order valence-electron chi connectivity index (χ4n) is 4.90. The van der Waals surface area contributed by atoms with E-state index in [0.29, 0.717) is 12.3 Å². The number of hydrogen-bond acceptors (Lipinski definition) is 1. The minimum absolute atomic E-state index is 0.0729. The third-order valence-electron chi connectivity index (χ3n) is 6.77. The number of methoxy groups -OCH3 is 1. The highest BCUT2D eigenvalue weighted by molar-refractivity contribution is 5.68. The Balaban J connectivity index is 1.59. The molecular formula is C25H27F3O. The highest BCUT2D eigenvalue weighted by Crippen LogP contribution is 2.39. The maximum absolute atomic E-state index is 14.9. The molecule has 0 heterocycles. The molecule has 2 aromatic carbocycles. The second-order valence-corrected chi connectivity index (χ2v) is 8.33. The van der Waals surface area contributed by atoms with Crippen molar-refractivity contribution in [1.82, 2.24) is 0 Å². The van der Waals surface area contributed by atoms with E-state index < -0.39 is 17.5 Å². The predicted octanol–water partition coefficient (Wildman–Crippen LogP) is 7.02. The first-order valence-electron chi connectivity index (χ1n) is 10.5. The van der Waals surface area contributed by atoms with E-state index >= 15 is 0 Å². The highest BCUT2D eigenvalue weighted by Gasteiger charge is 2.26. The van der Waals surface area contributed by atoms with E-state index in [2.05, 4.69) is 13.0 Å². The molecule has 1 saturated carbocycles. The summed E-state index contributed by atoms with van der Waals surface area (Å²) in [5.41, 5.74) is 3.40. The van der Waals surface area contributed by atoms with Crippen LogP contribution in [0.15, 0.2) is 35.9 Å². The van der Waals surface area contributed by atoms with Crippen molar-refractivity contribution in [3.05, 3.63) is 64.5 Å². The van der Waals surface area contributed by atoms with E-state index in [4.69, 9.17) is 4.74 Å². The maximum Gasteiger partial charge on any atom is 0.201 e. The summed E-state index contributed by atoms with van der Waals surface area (Å²) in [6, 6.07) is 5.89. The second kappa shape index (κ2) is 8.25. The van der Waals surface area contributed by atoms with E-state index in [9.17, 15) is 13.2 Å². The summed E-state index contributed by atoms with van der Waals surface area (Å²) in [5.74, 6) is -1.42. The standard InChI is InChI=1S/C25H27F3O/c1-3-15-4-6-16(7-5-15)17-8-9-18-13-21(22(26)14-19(18)12-17)20-10-11-23(29-2)25(28)24(20)27/h8,10-11,13-16H,3-7,9,12H2,1-2H3. The van der Waals surface area contributed by atoms with Gasteiger partial charge in [-0.1, -0.05) is 25.0 Å². The van der Waals surface area contributed by atoms with Gasteiger partial charge in [0.25, 0.3) is 0 Å². The van der Waals surface area contributed by atoms with Gasteiger partial charge in [0.05, 0.1) is 7.11 Å². The van der Waals surface area contributed by atoms with Crippen molar-refractivity contribution in [2.75, 3.05) is 7.11 Å². The van der Waals surface area contributed by atoms with Crippen LogP contribution in [-0.4, -0.2) is 7.11 Å². The van der Waals surface area contributed by atoms with Crippen molar-refractivity contribution < 1.29 is 17.9 Å². The van der Waals surface area contributed by atoms with Crippen molar-refractivity contribution in [3.63, 3.8) is 0 Å². The fraction of sp³-hybridized carbons (Fsp3) is 0.440. The van der Waals surface area contributed by atoms with Gasteiger partial charge in [0.2, 0.25) is 5.82 Å². The minimum atomic E-state index is -1.09. The van der Waals surface area contributed by atoms with Gasteiger partial charge in [0.1, 0.15) is 5.82 Å². The van der Waals surface area contributed by atoms with E-state index in [0.717, 1.165) is 23.5 Å². The SMILES string of the molecule is CCC1CCC(C2=CCc3cc(-c4ccc(OC)c(F)c4F)c(F)cc3C2)CC1. The number of allylic oxidation sites excluding steroid dienone is 2. The summed E-state index contributed by atoms with van der Waals surface area (Å²) >= 11 is 0. The van der Waals surface area contributed by atoms with Crippen molar-refractivity contribution in [2.45, 2.75) is 51.9 Å². The van der Waals surface area contributed by atoms with E-state index in [1.54, 1.807) is 6.07 Å². The number of benzene rings is 2. The molecule has 0 aromatic heterocycles. The lowest BCUT2D eigenvalue weighted by Gasteiger charge is -2.31. The highest BCUT2D eigenvalue weighted by atomic mass is 19.2. The topological polar surface area (TPSA) is 9.23 Å². The Labute approximate surface area is 170 Å². The molecule has 4 rings (SSSR count). The first-order chi connectivity index (χ1) is 14.0. The molecule has 0 N–H and O–H groups in total. The Kier molecular flexibility index (Phi) is 5.71. The zero-order valence-electron chi connectivity index (χ0n) is 17.0. The molecule has 0 bridgehead atoms. The largest absolute Gasteiger partial charge is 0.494 e. The average molecular weight is 400 g/mol. The number of halogens is 3. The molecule has 0 aliphatic heterocycles. The van der Waals surface area contributed by atoms with Gasteiger partial charge in [-0.15, -0.1) is 0 Å². The Morgan fingerprint density at radius 2 is 1.69 bits per heavy atom. The van der Waals surface area contributed by atoms with Gasteiger partial charge in [0, 0.05) is 11.1 Å². The van der Waals surface area contributed by atoms with Crippen LogP contribution in [0.5, 0.6) is 5.75 Å². The monoisotopic (exact) mass is 400 g/mol. The van der Waals surface area contributed by atoms with Crippen LogP contribution in [0.25, 0.3) is 11.1 Å². The maximum atomic E-state index is 14.9. The molecule has 2 aliphatic carbocycles. The van der Waals surface area contributed by atoms with Crippen LogP contribution in [0, 0.1) is 29.3 Å². The molecule has 2 aliphatic rings. The number of hydrogen-bond donors (Lipinski definition) is 0. The third kappa shape index (κ3) is 3.82. The first kappa shape index (κ1) is 20.1. The lowest BCUT2D eigenvalue weighted by molar-refractivity contribution is 0.292. The Hall–Kier alpha value is -2.23. The molecule has 0 spiro atoms. The summed E-state index contributed by atoms with van der Waals surface area (Å²) in [5, 5.41) is 0.